The number of carbonyl (C=O) groups excluding carboxylic acids is 1. The maximum Gasteiger partial charge on any atom is 0.240 e. The molecule has 0 aliphatic heterocycles. The maximum absolute atomic E-state index is 13.7. The number of carbonyl (C=O) groups is 1. The standard InChI is InChI=1S/C30H40N4O4/c1-7-36-27(37-8-2)20-34(19-22-10-9-11-25-23(17-31)18-33(6)28(22)25)29(35)26(32)16-21-12-14-24(15-13-21)38-30(3,4)5/h9-15,18,26-27H,7-8,16,19-20,32H2,1-6H3/t26-/m0/s1. The van der Waals surface area contributed by atoms with Crippen molar-refractivity contribution in [3.8, 4) is 11.8 Å². The van der Waals surface area contributed by atoms with Gasteiger partial charge in [-0.15, -0.1) is 0 Å². The van der Waals surface area contributed by atoms with Gasteiger partial charge in [-0.25, -0.2) is 0 Å². The van der Waals surface area contributed by atoms with Crippen LogP contribution in [0.25, 0.3) is 10.9 Å². The van der Waals surface area contributed by atoms with Crippen molar-refractivity contribution in [2.75, 3.05) is 19.8 Å². The Morgan fingerprint density at radius 3 is 2.34 bits per heavy atom. The molecule has 3 rings (SSSR count). The number of nitrogens with two attached hydrogens (primary N) is 1. The van der Waals surface area contributed by atoms with Crippen molar-refractivity contribution >= 4 is 16.8 Å². The minimum absolute atomic E-state index is 0.198. The van der Waals surface area contributed by atoms with Crippen molar-refractivity contribution in [3.63, 3.8) is 0 Å². The molecule has 0 bridgehead atoms. The molecule has 1 heterocycles. The second-order valence-corrected chi connectivity index (χ2v) is 10.3. The molecule has 8 nitrogen and oxygen atoms in total. The SMILES string of the molecule is CCOC(CN(Cc1cccc2c(C#N)cn(C)c12)C(=O)[C@@H](N)Cc1ccc(OC(C)(C)C)cc1)OCC. The molecule has 0 unspecified atom stereocenters. The average molecular weight is 521 g/mol. The Hall–Kier alpha value is -3.38. The van der Waals surface area contributed by atoms with Crippen molar-refractivity contribution in [2.24, 2.45) is 12.8 Å². The molecule has 204 valence electrons. The van der Waals surface area contributed by atoms with Crippen LogP contribution in [0.3, 0.4) is 0 Å². The Morgan fingerprint density at radius 2 is 1.76 bits per heavy atom. The highest BCUT2D eigenvalue weighted by molar-refractivity contribution is 5.89. The Kier molecular flexibility index (Phi) is 9.92. The number of nitriles is 1. The van der Waals surface area contributed by atoms with Gasteiger partial charge in [0.2, 0.25) is 5.91 Å². The lowest BCUT2D eigenvalue weighted by molar-refractivity contribution is -0.160. The van der Waals surface area contributed by atoms with E-state index in [2.05, 4.69) is 6.07 Å². The Morgan fingerprint density at radius 1 is 1.11 bits per heavy atom. The van der Waals surface area contributed by atoms with E-state index in [-0.39, 0.29) is 18.1 Å². The molecule has 1 amide bonds. The maximum atomic E-state index is 13.7. The highest BCUT2D eigenvalue weighted by Gasteiger charge is 2.26. The van der Waals surface area contributed by atoms with E-state index in [4.69, 9.17) is 19.9 Å². The van der Waals surface area contributed by atoms with Crippen LogP contribution in [0.1, 0.15) is 51.3 Å². The van der Waals surface area contributed by atoms with Gasteiger partial charge in [0.1, 0.15) is 17.4 Å². The van der Waals surface area contributed by atoms with Crippen molar-refractivity contribution in [3.05, 3.63) is 65.4 Å². The van der Waals surface area contributed by atoms with Gasteiger partial charge in [-0.05, 0) is 64.3 Å². The van der Waals surface area contributed by atoms with Gasteiger partial charge in [-0.2, -0.15) is 5.26 Å². The summed E-state index contributed by atoms with van der Waals surface area (Å²) in [6.07, 6.45) is 1.62. The van der Waals surface area contributed by atoms with E-state index in [1.165, 1.54) is 0 Å². The van der Waals surface area contributed by atoms with Gasteiger partial charge in [0.05, 0.1) is 23.7 Å². The van der Waals surface area contributed by atoms with E-state index < -0.39 is 12.3 Å². The van der Waals surface area contributed by atoms with Crippen LogP contribution in [-0.4, -0.2) is 53.1 Å². The molecule has 1 atom stereocenters. The monoisotopic (exact) mass is 520 g/mol. The second kappa shape index (κ2) is 12.9. The minimum Gasteiger partial charge on any atom is -0.488 e. The van der Waals surface area contributed by atoms with Crippen LogP contribution in [0.15, 0.2) is 48.7 Å². The van der Waals surface area contributed by atoms with Crippen LogP contribution < -0.4 is 10.5 Å². The summed E-state index contributed by atoms with van der Waals surface area (Å²) in [6, 6.07) is 15.0. The van der Waals surface area contributed by atoms with Crippen LogP contribution >= 0.6 is 0 Å². The highest BCUT2D eigenvalue weighted by Crippen LogP contribution is 2.25. The van der Waals surface area contributed by atoms with Crippen LogP contribution in [0.4, 0.5) is 0 Å². The van der Waals surface area contributed by atoms with Crippen molar-refractivity contribution in [1.82, 2.24) is 9.47 Å². The molecule has 8 heteroatoms. The van der Waals surface area contributed by atoms with Crippen molar-refractivity contribution in [2.45, 2.75) is 65.5 Å². The minimum atomic E-state index is -0.754. The third-order valence-electron chi connectivity index (χ3n) is 6.07. The molecule has 0 radical (unpaired) electrons. The van der Waals surface area contributed by atoms with Gasteiger partial charge >= 0.3 is 0 Å². The Labute approximate surface area is 225 Å². The summed E-state index contributed by atoms with van der Waals surface area (Å²) in [5.74, 6) is 0.572. The fourth-order valence-corrected chi connectivity index (χ4v) is 4.54. The number of aromatic nitrogens is 1. The van der Waals surface area contributed by atoms with Crippen LogP contribution in [0.5, 0.6) is 5.75 Å². The van der Waals surface area contributed by atoms with Gasteiger partial charge < -0.3 is 29.4 Å². The van der Waals surface area contributed by atoms with E-state index in [1.807, 2.05) is 94.9 Å². The molecule has 3 aromatic rings. The Bertz CT molecular complexity index is 1250. The van der Waals surface area contributed by atoms with E-state index in [0.29, 0.717) is 31.7 Å². The van der Waals surface area contributed by atoms with Crippen LogP contribution in [0, 0.1) is 11.3 Å². The lowest BCUT2D eigenvalue weighted by Crippen LogP contribution is -2.48. The molecule has 0 fully saturated rings. The molecule has 2 aromatic carbocycles. The number of hydrogen-bond acceptors (Lipinski definition) is 6. The van der Waals surface area contributed by atoms with E-state index >= 15 is 0 Å². The van der Waals surface area contributed by atoms with E-state index in [9.17, 15) is 10.1 Å². The zero-order valence-corrected chi connectivity index (χ0v) is 23.4. The topological polar surface area (TPSA) is 103 Å². The summed E-state index contributed by atoms with van der Waals surface area (Å²) < 4.78 is 19.4. The summed E-state index contributed by atoms with van der Waals surface area (Å²) in [6.45, 7) is 11.2. The highest BCUT2D eigenvalue weighted by atomic mass is 16.7. The fourth-order valence-electron chi connectivity index (χ4n) is 4.54. The number of amides is 1. The van der Waals surface area contributed by atoms with Gasteiger partial charge in [-0.1, -0.05) is 30.3 Å². The number of nitrogens with zero attached hydrogens (tertiary/aromatic N) is 3. The van der Waals surface area contributed by atoms with E-state index in [1.54, 1.807) is 4.90 Å². The smallest absolute Gasteiger partial charge is 0.240 e. The van der Waals surface area contributed by atoms with Gasteiger partial charge in [0.15, 0.2) is 6.29 Å². The summed E-state index contributed by atoms with van der Waals surface area (Å²) in [5.41, 5.74) is 9.57. The third kappa shape index (κ3) is 7.57. The molecule has 1 aromatic heterocycles. The lowest BCUT2D eigenvalue weighted by Gasteiger charge is -2.30. The predicted octanol–water partition coefficient (Wildman–Crippen LogP) is 4.52. The molecule has 0 spiro atoms. The molecule has 0 aliphatic carbocycles. The molecule has 0 aliphatic rings. The molecule has 0 saturated heterocycles. The van der Waals surface area contributed by atoms with E-state index in [0.717, 1.165) is 27.8 Å². The largest absolute Gasteiger partial charge is 0.488 e. The number of ether oxygens (including phenoxy) is 3. The average Bonchev–Trinajstić information content (AvgIpc) is 3.20. The first-order chi connectivity index (χ1) is 18.1. The quantitative estimate of drug-likeness (QED) is 0.352. The molecule has 2 N–H and O–H groups in total. The van der Waals surface area contributed by atoms with Gasteiger partial charge in [-0.3, -0.25) is 4.79 Å². The summed E-state index contributed by atoms with van der Waals surface area (Å²) in [5, 5.41) is 10.4. The number of rotatable bonds is 12. The zero-order valence-electron chi connectivity index (χ0n) is 23.4. The molecule has 38 heavy (non-hydrogen) atoms. The normalized spacial score (nSPS) is 12.5. The molecule has 0 saturated carbocycles. The second-order valence-electron chi connectivity index (χ2n) is 10.3. The summed E-state index contributed by atoms with van der Waals surface area (Å²) >= 11 is 0. The van der Waals surface area contributed by atoms with Crippen LogP contribution in [-0.2, 0) is 34.3 Å². The number of benzene rings is 2. The number of para-hydroxylation sites is 1. The van der Waals surface area contributed by atoms with Crippen molar-refractivity contribution in [1.29, 1.82) is 5.26 Å². The lowest BCUT2D eigenvalue weighted by atomic mass is 10.0. The molecular formula is C30H40N4O4. The first-order valence-electron chi connectivity index (χ1n) is 13.1. The van der Waals surface area contributed by atoms with Gasteiger partial charge in [0.25, 0.3) is 0 Å². The number of hydrogen-bond donors (Lipinski definition) is 1. The predicted molar refractivity (Wildman–Crippen MR) is 149 cm³/mol. The zero-order chi connectivity index (χ0) is 27.9. The first kappa shape index (κ1) is 29.2. The summed E-state index contributed by atoms with van der Waals surface area (Å²) in [4.78, 5) is 15.4. The summed E-state index contributed by atoms with van der Waals surface area (Å²) in [7, 11) is 1.90. The first-order valence-corrected chi connectivity index (χ1v) is 13.1. The fraction of sp³-hybridized carbons (Fsp3) is 0.467. The van der Waals surface area contributed by atoms with Crippen molar-refractivity contribution < 1.29 is 19.0 Å². The number of aryl methyl sites for hydroxylation is 1. The Balaban J connectivity index is 1.86. The number of fused-ring (bicyclic) bond motifs is 1. The third-order valence-corrected chi connectivity index (χ3v) is 6.07. The molecular weight excluding hydrogens is 480 g/mol. The van der Waals surface area contributed by atoms with Gasteiger partial charge in [0, 0.05) is 38.4 Å². The van der Waals surface area contributed by atoms with Crippen LogP contribution in [0.2, 0.25) is 0 Å².